The van der Waals surface area contributed by atoms with Gasteiger partial charge >= 0.3 is 5.97 Å². The maximum atomic E-state index is 12.1. The third-order valence-electron chi connectivity index (χ3n) is 3.88. The Kier molecular flexibility index (Phi) is 5.00. The SMILES string of the molecule is CC[NH+]1CCc2c(sc(NC(=O)C(C)C)c2C(=O)OC)C1. The number of anilines is 1. The molecule has 1 atom stereocenters. The minimum Gasteiger partial charge on any atom is -0.465 e. The third-order valence-corrected chi connectivity index (χ3v) is 5.03. The van der Waals surface area contributed by atoms with Gasteiger partial charge in [-0.2, -0.15) is 0 Å². The lowest BCUT2D eigenvalue weighted by atomic mass is 10.0. The van der Waals surface area contributed by atoms with Crippen LogP contribution in [-0.2, 0) is 22.5 Å². The van der Waals surface area contributed by atoms with Crippen molar-refractivity contribution in [3.63, 3.8) is 0 Å². The summed E-state index contributed by atoms with van der Waals surface area (Å²) in [5, 5.41) is 3.53. The number of amides is 1. The van der Waals surface area contributed by atoms with E-state index in [1.54, 1.807) is 0 Å². The molecule has 0 saturated heterocycles. The van der Waals surface area contributed by atoms with Crippen molar-refractivity contribution in [2.75, 3.05) is 25.5 Å². The highest BCUT2D eigenvalue weighted by Gasteiger charge is 2.30. The van der Waals surface area contributed by atoms with Gasteiger partial charge in [0.25, 0.3) is 0 Å². The minimum absolute atomic E-state index is 0.0709. The number of thiophene rings is 1. The van der Waals surface area contributed by atoms with Gasteiger partial charge in [-0.15, -0.1) is 11.3 Å². The summed E-state index contributed by atoms with van der Waals surface area (Å²) in [5.41, 5.74) is 1.62. The molecule has 1 amide bonds. The van der Waals surface area contributed by atoms with Crippen molar-refractivity contribution in [1.29, 1.82) is 0 Å². The van der Waals surface area contributed by atoms with Crippen LogP contribution in [0.15, 0.2) is 0 Å². The zero-order chi connectivity index (χ0) is 15.6. The molecule has 2 rings (SSSR count). The molecule has 6 heteroatoms. The lowest BCUT2D eigenvalue weighted by Gasteiger charge is -2.22. The van der Waals surface area contributed by atoms with Crippen LogP contribution in [0.3, 0.4) is 0 Å². The monoisotopic (exact) mass is 311 g/mol. The fourth-order valence-corrected chi connectivity index (χ4v) is 3.81. The van der Waals surface area contributed by atoms with Gasteiger partial charge in [0.15, 0.2) is 0 Å². The Bertz CT molecular complexity index is 551. The molecule has 0 aliphatic carbocycles. The van der Waals surface area contributed by atoms with E-state index in [0.29, 0.717) is 10.6 Å². The Morgan fingerprint density at radius 1 is 1.43 bits per heavy atom. The first-order valence-electron chi connectivity index (χ1n) is 7.35. The number of methoxy groups -OCH3 is 1. The molecule has 0 fully saturated rings. The summed E-state index contributed by atoms with van der Waals surface area (Å²) in [6.07, 6.45) is 0.858. The second-order valence-electron chi connectivity index (χ2n) is 5.62. The van der Waals surface area contributed by atoms with Gasteiger partial charge in [-0.1, -0.05) is 13.8 Å². The highest BCUT2D eigenvalue weighted by molar-refractivity contribution is 7.17. The molecule has 1 unspecified atom stereocenters. The zero-order valence-corrected chi connectivity index (χ0v) is 13.9. The maximum absolute atomic E-state index is 12.1. The van der Waals surface area contributed by atoms with Crippen LogP contribution in [0.1, 0.15) is 41.6 Å². The summed E-state index contributed by atoms with van der Waals surface area (Å²) < 4.78 is 4.91. The molecule has 2 heterocycles. The Labute approximate surface area is 129 Å². The van der Waals surface area contributed by atoms with Crippen LogP contribution in [0.2, 0.25) is 0 Å². The van der Waals surface area contributed by atoms with Crippen LogP contribution < -0.4 is 10.2 Å². The Morgan fingerprint density at radius 3 is 2.71 bits per heavy atom. The van der Waals surface area contributed by atoms with Crippen molar-refractivity contribution in [1.82, 2.24) is 0 Å². The van der Waals surface area contributed by atoms with Crippen LogP contribution in [0.25, 0.3) is 0 Å². The maximum Gasteiger partial charge on any atom is 0.341 e. The molecular weight excluding hydrogens is 288 g/mol. The summed E-state index contributed by atoms with van der Waals surface area (Å²) in [7, 11) is 1.38. The van der Waals surface area contributed by atoms with Crippen molar-refractivity contribution in [2.24, 2.45) is 5.92 Å². The first-order chi connectivity index (χ1) is 9.97. The van der Waals surface area contributed by atoms with Crippen molar-refractivity contribution in [2.45, 2.75) is 33.7 Å². The predicted octanol–water partition coefficient (Wildman–Crippen LogP) is 1.09. The first kappa shape index (κ1) is 16.0. The Morgan fingerprint density at radius 2 is 2.14 bits per heavy atom. The second kappa shape index (κ2) is 6.58. The van der Waals surface area contributed by atoms with E-state index in [1.807, 2.05) is 13.8 Å². The van der Waals surface area contributed by atoms with E-state index in [-0.39, 0.29) is 17.8 Å². The molecule has 1 aromatic heterocycles. The zero-order valence-electron chi connectivity index (χ0n) is 13.0. The van der Waals surface area contributed by atoms with Crippen molar-refractivity contribution < 1.29 is 19.2 Å². The summed E-state index contributed by atoms with van der Waals surface area (Å²) in [6, 6.07) is 0. The van der Waals surface area contributed by atoms with Crippen molar-refractivity contribution in [3.05, 3.63) is 16.0 Å². The van der Waals surface area contributed by atoms with E-state index >= 15 is 0 Å². The lowest BCUT2D eigenvalue weighted by molar-refractivity contribution is -0.913. The quantitative estimate of drug-likeness (QED) is 0.819. The van der Waals surface area contributed by atoms with Gasteiger partial charge in [0.2, 0.25) is 5.91 Å². The van der Waals surface area contributed by atoms with Crippen LogP contribution in [0.4, 0.5) is 5.00 Å². The minimum atomic E-state index is -0.355. The van der Waals surface area contributed by atoms with E-state index in [4.69, 9.17) is 4.74 Å². The molecule has 0 bridgehead atoms. The fraction of sp³-hybridized carbons (Fsp3) is 0.600. The van der Waals surface area contributed by atoms with E-state index in [0.717, 1.165) is 31.6 Å². The molecule has 0 radical (unpaired) electrons. The number of esters is 1. The van der Waals surface area contributed by atoms with Gasteiger partial charge in [0.05, 0.1) is 30.6 Å². The van der Waals surface area contributed by atoms with Crippen LogP contribution >= 0.6 is 11.3 Å². The van der Waals surface area contributed by atoms with Gasteiger partial charge in [-0.3, -0.25) is 4.79 Å². The molecule has 21 heavy (non-hydrogen) atoms. The van der Waals surface area contributed by atoms with Gasteiger partial charge in [0, 0.05) is 12.3 Å². The highest BCUT2D eigenvalue weighted by atomic mass is 32.1. The molecule has 5 nitrogen and oxygen atoms in total. The molecule has 0 saturated carbocycles. The fourth-order valence-electron chi connectivity index (χ4n) is 2.50. The summed E-state index contributed by atoms with van der Waals surface area (Å²) in [6.45, 7) is 8.84. The number of carbonyl (C=O) groups is 2. The second-order valence-corrected chi connectivity index (χ2v) is 6.73. The van der Waals surface area contributed by atoms with E-state index in [2.05, 4.69) is 12.2 Å². The van der Waals surface area contributed by atoms with Crippen molar-refractivity contribution >= 4 is 28.2 Å². The number of hydrogen-bond donors (Lipinski definition) is 2. The molecule has 116 valence electrons. The number of ether oxygens (including phenoxy) is 1. The molecule has 1 aromatic rings. The summed E-state index contributed by atoms with van der Waals surface area (Å²) >= 11 is 1.52. The average Bonchev–Trinajstić information content (AvgIpc) is 2.82. The van der Waals surface area contributed by atoms with E-state index in [1.165, 1.54) is 28.2 Å². The Hall–Kier alpha value is -1.40. The molecule has 0 aromatic carbocycles. The number of hydrogen-bond acceptors (Lipinski definition) is 4. The van der Waals surface area contributed by atoms with Crippen LogP contribution in [0.5, 0.6) is 0 Å². The summed E-state index contributed by atoms with van der Waals surface area (Å²) in [4.78, 5) is 26.7. The largest absolute Gasteiger partial charge is 0.465 e. The van der Waals surface area contributed by atoms with Crippen molar-refractivity contribution in [3.8, 4) is 0 Å². The number of likely N-dealkylation sites (N-methyl/N-ethyl adjacent to an activating group) is 1. The Balaban J connectivity index is 2.38. The van der Waals surface area contributed by atoms with E-state index in [9.17, 15) is 9.59 Å². The predicted molar refractivity (Wildman–Crippen MR) is 82.9 cm³/mol. The standard InChI is InChI=1S/C15H22N2O3S/c1-5-17-7-6-10-11(8-17)21-14(12(10)15(19)20-4)16-13(18)9(2)3/h9H,5-8H2,1-4H3,(H,16,18)/p+1. The van der Waals surface area contributed by atoms with Gasteiger partial charge in [-0.25, -0.2) is 4.79 Å². The molecular formula is C15H23N2O3S+. The number of fused-ring (bicyclic) bond motifs is 1. The smallest absolute Gasteiger partial charge is 0.341 e. The van der Waals surface area contributed by atoms with E-state index < -0.39 is 0 Å². The van der Waals surface area contributed by atoms with Crippen LogP contribution in [-0.4, -0.2) is 32.1 Å². The summed E-state index contributed by atoms with van der Waals surface area (Å²) in [5.74, 6) is -0.544. The number of carbonyl (C=O) groups excluding carboxylic acids is 2. The number of rotatable bonds is 4. The van der Waals surface area contributed by atoms with Gasteiger partial charge < -0.3 is 15.0 Å². The topological polar surface area (TPSA) is 59.8 Å². The van der Waals surface area contributed by atoms with Gasteiger partial charge in [-0.05, 0) is 12.5 Å². The normalized spacial score (nSPS) is 17.5. The van der Waals surface area contributed by atoms with Gasteiger partial charge in [0.1, 0.15) is 11.5 Å². The molecule has 1 aliphatic rings. The highest BCUT2D eigenvalue weighted by Crippen LogP contribution is 2.35. The first-order valence-corrected chi connectivity index (χ1v) is 8.16. The third kappa shape index (κ3) is 3.27. The molecule has 1 aliphatic heterocycles. The number of nitrogens with one attached hydrogen (secondary N) is 2. The lowest BCUT2D eigenvalue weighted by Crippen LogP contribution is -3.11. The molecule has 2 N–H and O–H groups in total. The number of quaternary nitrogens is 1. The molecule has 0 spiro atoms. The average molecular weight is 311 g/mol. The van der Waals surface area contributed by atoms with Crippen LogP contribution in [0, 0.1) is 5.92 Å².